The van der Waals surface area contributed by atoms with Crippen LogP contribution in [0.3, 0.4) is 0 Å². The average Bonchev–Trinajstić information content (AvgIpc) is 2.32. The number of ether oxygens (including phenoxy) is 2. The summed E-state index contributed by atoms with van der Waals surface area (Å²) in [5.74, 6) is -0.145. The first-order valence-electron chi connectivity index (χ1n) is 6.72. The molecular formula is C14H18F3NO2. The topological polar surface area (TPSA) is 30.5 Å². The van der Waals surface area contributed by atoms with Gasteiger partial charge in [-0.15, -0.1) is 13.2 Å². The van der Waals surface area contributed by atoms with Crippen molar-refractivity contribution >= 4 is 0 Å². The summed E-state index contributed by atoms with van der Waals surface area (Å²) in [6.07, 6.45) is -2.09. The Bertz CT molecular complexity index is 431. The zero-order chi connectivity index (χ0) is 14.6. The van der Waals surface area contributed by atoms with E-state index in [-0.39, 0.29) is 17.6 Å². The molecule has 1 N–H and O–H groups in total. The molecule has 0 unspecified atom stereocenters. The van der Waals surface area contributed by atoms with E-state index in [0.29, 0.717) is 6.04 Å². The van der Waals surface area contributed by atoms with E-state index in [2.05, 4.69) is 17.0 Å². The molecule has 2 rings (SSSR count). The van der Waals surface area contributed by atoms with Crippen LogP contribution in [0.4, 0.5) is 13.2 Å². The number of halogens is 3. The van der Waals surface area contributed by atoms with E-state index in [0.717, 1.165) is 25.8 Å². The summed E-state index contributed by atoms with van der Waals surface area (Å²) in [6.45, 7) is 3.04. The summed E-state index contributed by atoms with van der Waals surface area (Å²) in [7, 11) is 0. The lowest BCUT2D eigenvalue weighted by Gasteiger charge is -2.36. The Balaban J connectivity index is 1.88. The van der Waals surface area contributed by atoms with Gasteiger partial charge in [-0.2, -0.15) is 0 Å². The number of hydrogen-bond acceptors (Lipinski definition) is 3. The highest BCUT2D eigenvalue weighted by Crippen LogP contribution is 2.35. The summed E-state index contributed by atoms with van der Waals surface area (Å²) in [5.41, 5.74) is 0. The van der Waals surface area contributed by atoms with Crippen LogP contribution in [0.5, 0.6) is 11.5 Å². The maximum atomic E-state index is 12.3. The van der Waals surface area contributed by atoms with Crippen LogP contribution >= 0.6 is 0 Å². The molecule has 20 heavy (non-hydrogen) atoms. The smallest absolute Gasteiger partial charge is 0.486 e. The first-order valence-corrected chi connectivity index (χ1v) is 6.72. The molecule has 0 amide bonds. The van der Waals surface area contributed by atoms with E-state index in [1.807, 2.05) is 0 Å². The fourth-order valence-corrected chi connectivity index (χ4v) is 2.11. The van der Waals surface area contributed by atoms with Gasteiger partial charge in [-0.3, -0.25) is 0 Å². The molecule has 1 aromatic carbocycles. The number of nitrogens with one attached hydrogen (secondary N) is 1. The Morgan fingerprint density at radius 2 is 1.85 bits per heavy atom. The van der Waals surface area contributed by atoms with Crippen LogP contribution in [0.2, 0.25) is 0 Å². The Morgan fingerprint density at radius 1 is 1.20 bits per heavy atom. The highest BCUT2D eigenvalue weighted by atomic mass is 19.4. The van der Waals surface area contributed by atoms with Gasteiger partial charge in [-0.25, -0.2) is 0 Å². The molecule has 0 bridgehead atoms. The largest absolute Gasteiger partial charge is 0.573 e. The second-order valence-electron chi connectivity index (χ2n) is 4.86. The van der Waals surface area contributed by atoms with Crippen molar-refractivity contribution in [1.29, 1.82) is 0 Å². The lowest BCUT2D eigenvalue weighted by atomic mass is 9.89. The second kappa shape index (κ2) is 6.35. The molecule has 112 valence electrons. The minimum absolute atomic E-state index is 0.0534. The van der Waals surface area contributed by atoms with Gasteiger partial charge in [0.15, 0.2) is 11.5 Å². The van der Waals surface area contributed by atoms with Gasteiger partial charge in [0.1, 0.15) is 6.10 Å². The number of rotatable bonds is 6. The molecule has 0 spiro atoms. The van der Waals surface area contributed by atoms with Gasteiger partial charge in [0.05, 0.1) is 0 Å². The third-order valence-electron chi connectivity index (χ3n) is 3.15. The first-order chi connectivity index (χ1) is 9.48. The molecule has 3 nitrogen and oxygen atoms in total. The molecule has 1 saturated carbocycles. The average molecular weight is 289 g/mol. The minimum Gasteiger partial charge on any atom is -0.486 e. The first kappa shape index (κ1) is 15.0. The highest BCUT2D eigenvalue weighted by molar-refractivity contribution is 5.39. The van der Waals surface area contributed by atoms with Gasteiger partial charge in [0, 0.05) is 6.04 Å². The number of para-hydroxylation sites is 2. The molecule has 0 aromatic heterocycles. The van der Waals surface area contributed by atoms with Crippen LogP contribution in [0.1, 0.15) is 26.2 Å². The van der Waals surface area contributed by atoms with E-state index in [4.69, 9.17) is 4.74 Å². The van der Waals surface area contributed by atoms with Gasteiger partial charge in [-0.05, 0) is 37.9 Å². The van der Waals surface area contributed by atoms with Gasteiger partial charge in [-0.1, -0.05) is 19.1 Å². The molecule has 1 aromatic rings. The third-order valence-corrected chi connectivity index (χ3v) is 3.15. The predicted molar refractivity (Wildman–Crippen MR) is 68.9 cm³/mol. The Morgan fingerprint density at radius 3 is 2.45 bits per heavy atom. The molecule has 6 heteroatoms. The van der Waals surface area contributed by atoms with E-state index < -0.39 is 6.36 Å². The molecule has 1 aliphatic rings. The van der Waals surface area contributed by atoms with Crippen molar-refractivity contribution in [3.8, 4) is 11.5 Å². The maximum Gasteiger partial charge on any atom is 0.573 e. The van der Waals surface area contributed by atoms with Gasteiger partial charge in [0.2, 0.25) is 0 Å². The zero-order valence-corrected chi connectivity index (χ0v) is 11.2. The van der Waals surface area contributed by atoms with Crippen molar-refractivity contribution in [1.82, 2.24) is 5.32 Å². The highest BCUT2D eigenvalue weighted by Gasteiger charge is 2.34. The van der Waals surface area contributed by atoms with Crippen LogP contribution in [0.25, 0.3) is 0 Å². The van der Waals surface area contributed by atoms with Crippen molar-refractivity contribution in [3.63, 3.8) is 0 Å². The van der Waals surface area contributed by atoms with Crippen molar-refractivity contribution in [3.05, 3.63) is 24.3 Å². The SMILES string of the molecule is CCCNC1CC(Oc2ccccc2OC(F)(F)F)C1. The quantitative estimate of drug-likeness (QED) is 0.869. The van der Waals surface area contributed by atoms with Crippen molar-refractivity contribution in [2.75, 3.05) is 6.54 Å². The fraction of sp³-hybridized carbons (Fsp3) is 0.571. The van der Waals surface area contributed by atoms with Crippen LogP contribution < -0.4 is 14.8 Å². The maximum absolute atomic E-state index is 12.3. The number of hydrogen-bond donors (Lipinski definition) is 1. The zero-order valence-electron chi connectivity index (χ0n) is 11.2. The number of benzene rings is 1. The van der Waals surface area contributed by atoms with Crippen LogP contribution in [-0.4, -0.2) is 25.1 Å². The summed E-state index contributed by atoms with van der Waals surface area (Å²) in [6, 6.07) is 6.27. The normalized spacial score (nSPS) is 22.2. The lowest BCUT2D eigenvalue weighted by molar-refractivity contribution is -0.275. The predicted octanol–water partition coefficient (Wildman–Crippen LogP) is 3.49. The summed E-state index contributed by atoms with van der Waals surface area (Å²) < 4.78 is 46.3. The van der Waals surface area contributed by atoms with Gasteiger partial charge in [0.25, 0.3) is 0 Å². The summed E-state index contributed by atoms with van der Waals surface area (Å²) >= 11 is 0. The number of alkyl halides is 3. The summed E-state index contributed by atoms with van der Waals surface area (Å²) in [4.78, 5) is 0. The van der Waals surface area contributed by atoms with E-state index in [1.165, 1.54) is 18.2 Å². The second-order valence-corrected chi connectivity index (χ2v) is 4.86. The van der Waals surface area contributed by atoms with Crippen LogP contribution in [0.15, 0.2) is 24.3 Å². The van der Waals surface area contributed by atoms with Gasteiger partial charge >= 0.3 is 6.36 Å². The van der Waals surface area contributed by atoms with Gasteiger partial charge < -0.3 is 14.8 Å². The summed E-state index contributed by atoms with van der Waals surface area (Å²) in [5, 5.41) is 3.35. The van der Waals surface area contributed by atoms with Crippen LogP contribution in [0, 0.1) is 0 Å². The molecule has 0 saturated heterocycles. The molecule has 0 radical (unpaired) electrons. The van der Waals surface area contributed by atoms with E-state index in [9.17, 15) is 13.2 Å². The standard InChI is InChI=1S/C14H18F3NO2/c1-2-7-18-10-8-11(9-10)19-12-5-3-4-6-13(12)20-14(15,16)17/h3-6,10-11,18H,2,7-9H2,1H3. The molecule has 0 heterocycles. The van der Waals surface area contributed by atoms with Crippen molar-refractivity contribution < 1.29 is 22.6 Å². The molecular weight excluding hydrogens is 271 g/mol. The van der Waals surface area contributed by atoms with E-state index >= 15 is 0 Å². The monoisotopic (exact) mass is 289 g/mol. The van der Waals surface area contributed by atoms with Crippen molar-refractivity contribution in [2.45, 2.75) is 44.7 Å². The Labute approximate surface area is 116 Å². The van der Waals surface area contributed by atoms with E-state index in [1.54, 1.807) is 6.07 Å². The molecule has 0 atom stereocenters. The minimum atomic E-state index is -4.70. The van der Waals surface area contributed by atoms with Crippen molar-refractivity contribution in [2.24, 2.45) is 0 Å². The lowest BCUT2D eigenvalue weighted by Crippen LogP contribution is -2.47. The third kappa shape index (κ3) is 4.30. The Kier molecular flexibility index (Phi) is 4.75. The molecule has 0 aliphatic heterocycles. The fourth-order valence-electron chi connectivity index (χ4n) is 2.11. The molecule has 1 fully saturated rings. The molecule has 1 aliphatic carbocycles. The Hall–Kier alpha value is -1.43. The van der Waals surface area contributed by atoms with Crippen LogP contribution in [-0.2, 0) is 0 Å².